The Labute approximate surface area is 103 Å². The molecule has 1 saturated heterocycles. The minimum atomic E-state index is -0.992. The van der Waals surface area contributed by atoms with Crippen molar-refractivity contribution in [3.05, 3.63) is 0 Å². The van der Waals surface area contributed by atoms with E-state index in [1.807, 2.05) is 6.92 Å². The van der Waals surface area contributed by atoms with Crippen LogP contribution < -0.4 is 0 Å². The van der Waals surface area contributed by atoms with Crippen molar-refractivity contribution in [2.75, 3.05) is 6.54 Å². The predicted molar refractivity (Wildman–Crippen MR) is 65.6 cm³/mol. The molecule has 0 saturated carbocycles. The van der Waals surface area contributed by atoms with Crippen molar-refractivity contribution < 1.29 is 14.7 Å². The number of carboxylic acid groups (broad SMARTS) is 1. The maximum Gasteiger partial charge on any atom is 0.329 e. The molecule has 0 aliphatic carbocycles. The van der Waals surface area contributed by atoms with Gasteiger partial charge in [0.05, 0.1) is 0 Å². The molecule has 1 amide bonds. The van der Waals surface area contributed by atoms with Gasteiger partial charge in [-0.3, -0.25) is 4.79 Å². The normalized spacial score (nSPS) is 26.3. The van der Waals surface area contributed by atoms with Gasteiger partial charge in [-0.2, -0.15) is 0 Å². The molecule has 0 aromatic rings. The Balaban J connectivity index is 2.72. The van der Waals surface area contributed by atoms with Gasteiger partial charge in [0.2, 0.25) is 5.91 Å². The molecule has 2 atom stereocenters. The average Bonchev–Trinajstić information content (AvgIpc) is 2.61. The van der Waals surface area contributed by atoms with Gasteiger partial charge in [-0.15, -0.1) is 0 Å². The van der Waals surface area contributed by atoms with Crippen molar-refractivity contribution in [1.82, 2.24) is 4.90 Å². The van der Waals surface area contributed by atoms with Gasteiger partial charge in [0.25, 0.3) is 0 Å². The molecule has 1 rings (SSSR count). The van der Waals surface area contributed by atoms with E-state index in [4.69, 9.17) is 0 Å². The second-order valence-corrected chi connectivity index (χ2v) is 5.65. The summed E-state index contributed by atoms with van der Waals surface area (Å²) in [5.41, 5.74) is -0.992. The third-order valence-electron chi connectivity index (χ3n) is 4.04. The molecule has 0 bridgehead atoms. The van der Waals surface area contributed by atoms with Crippen LogP contribution in [-0.4, -0.2) is 34.0 Å². The number of carbonyl (C=O) groups is 2. The Morgan fingerprint density at radius 1 is 1.35 bits per heavy atom. The summed E-state index contributed by atoms with van der Waals surface area (Å²) >= 11 is 0. The van der Waals surface area contributed by atoms with E-state index in [2.05, 4.69) is 13.8 Å². The number of hydrogen-bond acceptors (Lipinski definition) is 2. The molecule has 17 heavy (non-hydrogen) atoms. The first-order chi connectivity index (χ1) is 7.79. The standard InChI is InChI=1S/C13H23NO3/c1-9(2)10(3)8-11(15)14-7-5-6-13(14,4)12(16)17/h9-10H,5-8H2,1-4H3,(H,16,17). The summed E-state index contributed by atoms with van der Waals surface area (Å²) in [5.74, 6) is -0.173. The molecule has 98 valence electrons. The monoisotopic (exact) mass is 241 g/mol. The fraction of sp³-hybridized carbons (Fsp3) is 0.846. The molecule has 1 aliphatic rings. The van der Waals surface area contributed by atoms with E-state index in [0.29, 0.717) is 31.2 Å². The molecule has 4 heteroatoms. The van der Waals surface area contributed by atoms with E-state index in [1.165, 1.54) is 0 Å². The smallest absolute Gasteiger partial charge is 0.329 e. The van der Waals surface area contributed by atoms with E-state index >= 15 is 0 Å². The van der Waals surface area contributed by atoms with Crippen LogP contribution in [0.4, 0.5) is 0 Å². The number of amides is 1. The topological polar surface area (TPSA) is 57.6 Å². The molecule has 4 nitrogen and oxygen atoms in total. The second kappa shape index (κ2) is 5.07. The Hall–Kier alpha value is -1.06. The van der Waals surface area contributed by atoms with Gasteiger partial charge < -0.3 is 10.0 Å². The maximum absolute atomic E-state index is 12.1. The number of carboxylic acids is 1. The van der Waals surface area contributed by atoms with Gasteiger partial charge in [0, 0.05) is 13.0 Å². The van der Waals surface area contributed by atoms with Gasteiger partial charge in [0.1, 0.15) is 5.54 Å². The van der Waals surface area contributed by atoms with Gasteiger partial charge in [0.15, 0.2) is 0 Å². The summed E-state index contributed by atoms with van der Waals surface area (Å²) in [6.45, 7) is 8.43. The van der Waals surface area contributed by atoms with Crippen LogP contribution in [0.25, 0.3) is 0 Å². The van der Waals surface area contributed by atoms with Crippen LogP contribution in [0.15, 0.2) is 0 Å². The van der Waals surface area contributed by atoms with Crippen LogP contribution in [0.1, 0.15) is 47.0 Å². The fourth-order valence-corrected chi connectivity index (χ4v) is 2.21. The van der Waals surface area contributed by atoms with Crippen molar-refractivity contribution in [2.45, 2.75) is 52.5 Å². The summed E-state index contributed by atoms with van der Waals surface area (Å²) in [6.07, 6.45) is 1.79. The second-order valence-electron chi connectivity index (χ2n) is 5.65. The van der Waals surface area contributed by atoms with Gasteiger partial charge in [-0.05, 0) is 31.6 Å². The zero-order valence-electron chi connectivity index (χ0n) is 11.2. The van der Waals surface area contributed by atoms with E-state index in [9.17, 15) is 14.7 Å². The Morgan fingerprint density at radius 3 is 2.41 bits per heavy atom. The fourth-order valence-electron chi connectivity index (χ4n) is 2.21. The highest BCUT2D eigenvalue weighted by molar-refractivity contribution is 5.87. The van der Waals surface area contributed by atoms with Crippen molar-refractivity contribution in [3.8, 4) is 0 Å². The third-order valence-corrected chi connectivity index (χ3v) is 4.04. The number of likely N-dealkylation sites (tertiary alicyclic amines) is 1. The summed E-state index contributed by atoms with van der Waals surface area (Å²) < 4.78 is 0. The van der Waals surface area contributed by atoms with Crippen LogP contribution in [-0.2, 0) is 9.59 Å². The van der Waals surface area contributed by atoms with Crippen molar-refractivity contribution >= 4 is 11.9 Å². The summed E-state index contributed by atoms with van der Waals surface area (Å²) in [5, 5.41) is 9.24. The van der Waals surface area contributed by atoms with E-state index in [-0.39, 0.29) is 5.91 Å². The molecule has 1 fully saturated rings. The zero-order valence-corrected chi connectivity index (χ0v) is 11.2. The molecule has 0 radical (unpaired) electrons. The third kappa shape index (κ3) is 2.79. The molecular formula is C13H23NO3. The molecule has 1 heterocycles. The molecule has 0 aromatic carbocycles. The number of rotatable bonds is 4. The quantitative estimate of drug-likeness (QED) is 0.820. The maximum atomic E-state index is 12.1. The Bertz CT molecular complexity index is 314. The van der Waals surface area contributed by atoms with Crippen LogP contribution in [0.2, 0.25) is 0 Å². The van der Waals surface area contributed by atoms with Crippen LogP contribution in [0.5, 0.6) is 0 Å². The van der Waals surface area contributed by atoms with E-state index < -0.39 is 11.5 Å². The van der Waals surface area contributed by atoms with Gasteiger partial charge >= 0.3 is 5.97 Å². The Morgan fingerprint density at radius 2 is 1.94 bits per heavy atom. The van der Waals surface area contributed by atoms with Crippen LogP contribution in [0, 0.1) is 11.8 Å². The lowest BCUT2D eigenvalue weighted by atomic mass is 9.93. The number of hydrogen-bond donors (Lipinski definition) is 1. The Kier molecular flexibility index (Phi) is 4.17. The van der Waals surface area contributed by atoms with Crippen LogP contribution in [0.3, 0.4) is 0 Å². The molecule has 1 aliphatic heterocycles. The van der Waals surface area contributed by atoms with Crippen molar-refractivity contribution in [2.24, 2.45) is 11.8 Å². The lowest BCUT2D eigenvalue weighted by Gasteiger charge is -2.32. The lowest BCUT2D eigenvalue weighted by Crippen LogP contribution is -2.51. The highest BCUT2D eigenvalue weighted by Crippen LogP contribution is 2.31. The summed E-state index contributed by atoms with van der Waals surface area (Å²) in [4.78, 5) is 25.0. The molecular weight excluding hydrogens is 218 g/mol. The largest absolute Gasteiger partial charge is 0.480 e. The number of carbonyl (C=O) groups excluding carboxylic acids is 1. The van der Waals surface area contributed by atoms with E-state index in [1.54, 1.807) is 11.8 Å². The van der Waals surface area contributed by atoms with Gasteiger partial charge in [-0.1, -0.05) is 20.8 Å². The zero-order chi connectivity index (χ0) is 13.2. The van der Waals surface area contributed by atoms with Gasteiger partial charge in [-0.25, -0.2) is 4.79 Å². The SMILES string of the molecule is CC(C)C(C)CC(=O)N1CCCC1(C)C(=O)O. The van der Waals surface area contributed by atoms with Crippen LogP contribution >= 0.6 is 0 Å². The first-order valence-corrected chi connectivity index (χ1v) is 6.33. The predicted octanol–water partition coefficient (Wildman–Crippen LogP) is 2.13. The minimum absolute atomic E-state index is 0.0198. The first-order valence-electron chi connectivity index (χ1n) is 6.33. The summed E-state index contributed by atoms with van der Waals surface area (Å²) in [6, 6.07) is 0. The van der Waals surface area contributed by atoms with Crippen molar-refractivity contribution in [1.29, 1.82) is 0 Å². The lowest BCUT2D eigenvalue weighted by molar-refractivity contribution is -0.155. The van der Waals surface area contributed by atoms with Crippen molar-refractivity contribution in [3.63, 3.8) is 0 Å². The molecule has 1 N–H and O–H groups in total. The highest BCUT2D eigenvalue weighted by atomic mass is 16.4. The minimum Gasteiger partial charge on any atom is -0.480 e. The molecule has 0 aromatic heterocycles. The first kappa shape index (κ1) is 14.0. The summed E-state index contributed by atoms with van der Waals surface area (Å²) in [7, 11) is 0. The molecule has 2 unspecified atom stereocenters. The average molecular weight is 241 g/mol. The number of nitrogens with zero attached hydrogens (tertiary/aromatic N) is 1. The van der Waals surface area contributed by atoms with E-state index in [0.717, 1.165) is 6.42 Å². The molecule has 0 spiro atoms. The highest BCUT2D eigenvalue weighted by Gasteiger charge is 2.45. The number of aliphatic carboxylic acids is 1.